The zero-order valence-electron chi connectivity index (χ0n) is 17.1. The monoisotopic (exact) mass is 419 g/mol. The quantitative estimate of drug-likeness (QED) is 0.625. The van der Waals surface area contributed by atoms with Gasteiger partial charge in [-0.15, -0.1) is 0 Å². The summed E-state index contributed by atoms with van der Waals surface area (Å²) < 4.78 is 0. The molecule has 3 aromatic carbocycles. The highest BCUT2D eigenvalue weighted by atomic mass is 35.5. The highest BCUT2D eigenvalue weighted by Gasteiger charge is 2.28. The van der Waals surface area contributed by atoms with Crippen molar-refractivity contribution in [3.63, 3.8) is 0 Å². The number of hydrogen-bond acceptors (Lipinski definition) is 1. The molecule has 1 aliphatic heterocycles. The van der Waals surface area contributed by atoms with Crippen molar-refractivity contribution in [3.8, 4) is 0 Å². The molecule has 30 heavy (non-hydrogen) atoms. The molecule has 0 aromatic heterocycles. The molecule has 0 aliphatic carbocycles. The number of rotatable bonds is 6. The number of quaternary nitrogens is 1. The Kier molecular flexibility index (Phi) is 6.83. The van der Waals surface area contributed by atoms with Crippen molar-refractivity contribution >= 4 is 17.5 Å². The molecule has 3 nitrogen and oxygen atoms in total. The van der Waals surface area contributed by atoms with Crippen molar-refractivity contribution in [2.75, 3.05) is 13.1 Å². The van der Waals surface area contributed by atoms with Crippen molar-refractivity contribution in [2.45, 2.75) is 31.3 Å². The third kappa shape index (κ3) is 5.29. The summed E-state index contributed by atoms with van der Waals surface area (Å²) in [6.07, 6.45) is 2.01. The molecular weight excluding hydrogens is 392 g/mol. The number of benzene rings is 3. The minimum atomic E-state index is -0.271. The average Bonchev–Trinajstić information content (AvgIpc) is 2.78. The smallest absolute Gasteiger partial charge is 0.232 e. The van der Waals surface area contributed by atoms with Gasteiger partial charge in [0.1, 0.15) is 6.54 Å². The predicted octanol–water partition coefficient (Wildman–Crippen LogP) is 3.84. The van der Waals surface area contributed by atoms with Gasteiger partial charge in [0.2, 0.25) is 5.91 Å². The van der Waals surface area contributed by atoms with Gasteiger partial charge in [0.15, 0.2) is 0 Å². The van der Waals surface area contributed by atoms with E-state index in [4.69, 9.17) is 11.6 Å². The van der Waals surface area contributed by atoms with E-state index in [2.05, 4.69) is 17.4 Å². The van der Waals surface area contributed by atoms with Crippen LogP contribution < -0.4 is 10.2 Å². The van der Waals surface area contributed by atoms with Gasteiger partial charge < -0.3 is 10.2 Å². The Morgan fingerprint density at radius 3 is 1.93 bits per heavy atom. The minimum Gasteiger partial charge on any atom is -0.352 e. The standard InChI is InChI=1S/C26H27ClN2O/c27-23-13-11-20(12-14-23)19-29-17-15-24(16-18-29)28-26(30)25(21-7-3-1-4-8-21)22-9-5-2-6-10-22/h1-14,24-25H,15-19H2,(H,28,30)/p+1. The third-order valence-electron chi connectivity index (χ3n) is 5.93. The van der Waals surface area contributed by atoms with E-state index in [1.54, 1.807) is 4.90 Å². The van der Waals surface area contributed by atoms with Crippen molar-refractivity contribution < 1.29 is 9.69 Å². The molecule has 2 N–H and O–H groups in total. The zero-order chi connectivity index (χ0) is 20.8. The summed E-state index contributed by atoms with van der Waals surface area (Å²) in [6.45, 7) is 3.14. The molecule has 0 radical (unpaired) electrons. The van der Waals surface area contributed by atoms with Crippen molar-refractivity contribution in [1.82, 2.24) is 5.32 Å². The Bertz CT molecular complexity index is 896. The lowest BCUT2D eigenvalue weighted by Gasteiger charge is -2.31. The summed E-state index contributed by atoms with van der Waals surface area (Å²) in [5.41, 5.74) is 3.38. The van der Waals surface area contributed by atoms with Gasteiger partial charge in [-0.3, -0.25) is 4.79 Å². The lowest BCUT2D eigenvalue weighted by Crippen LogP contribution is -3.12. The summed E-state index contributed by atoms with van der Waals surface area (Å²) in [6, 6.07) is 28.5. The second-order valence-electron chi connectivity index (χ2n) is 8.09. The summed E-state index contributed by atoms with van der Waals surface area (Å²) in [4.78, 5) is 14.8. The van der Waals surface area contributed by atoms with Crippen LogP contribution in [0.2, 0.25) is 5.02 Å². The maximum Gasteiger partial charge on any atom is 0.232 e. The van der Waals surface area contributed by atoms with Crippen LogP contribution in [0.4, 0.5) is 0 Å². The highest BCUT2D eigenvalue weighted by Crippen LogP contribution is 2.25. The molecule has 1 saturated heterocycles. The first-order valence-corrected chi connectivity index (χ1v) is 11.0. The lowest BCUT2D eigenvalue weighted by molar-refractivity contribution is -0.918. The van der Waals surface area contributed by atoms with Crippen LogP contribution in [0.15, 0.2) is 84.9 Å². The van der Waals surface area contributed by atoms with Gasteiger partial charge in [-0.05, 0) is 23.3 Å². The number of likely N-dealkylation sites (tertiary alicyclic amines) is 1. The molecular formula is C26H28ClN2O+. The molecule has 1 amide bonds. The number of hydrogen-bond donors (Lipinski definition) is 2. The number of nitrogens with one attached hydrogen (secondary N) is 2. The number of halogens is 1. The predicted molar refractivity (Wildman–Crippen MR) is 122 cm³/mol. The van der Waals surface area contributed by atoms with E-state index in [0.717, 1.165) is 48.6 Å². The van der Waals surface area contributed by atoms with Crippen LogP contribution in [0.5, 0.6) is 0 Å². The van der Waals surface area contributed by atoms with Crippen molar-refractivity contribution in [2.24, 2.45) is 0 Å². The van der Waals surface area contributed by atoms with E-state index in [1.807, 2.05) is 72.8 Å². The van der Waals surface area contributed by atoms with E-state index in [1.165, 1.54) is 5.56 Å². The largest absolute Gasteiger partial charge is 0.352 e. The van der Waals surface area contributed by atoms with Crippen molar-refractivity contribution in [3.05, 3.63) is 107 Å². The van der Waals surface area contributed by atoms with E-state index in [0.29, 0.717) is 0 Å². The van der Waals surface area contributed by atoms with E-state index < -0.39 is 0 Å². The van der Waals surface area contributed by atoms with Crippen LogP contribution in [0.1, 0.15) is 35.4 Å². The Hall–Kier alpha value is -2.62. The number of amides is 1. The maximum absolute atomic E-state index is 13.3. The lowest BCUT2D eigenvalue weighted by atomic mass is 9.90. The van der Waals surface area contributed by atoms with Crippen LogP contribution >= 0.6 is 11.6 Å². The molecule has 1 aliphatic rings. The summed E-state index contributed by atoms with van der Waals surface area (Å²) in [5.74, 6) is -0.176. The van der Waals surface area contributed by atoms with Gasteiger partial charge in [-0.25, -0.2) is 0 Å². The Labute approximate surface area is 183 Å². The molecule has 0 bridgehead atoms. The van der Waals surface area contributed by atoms with Gasteiger partial charge in [-0.2, -0.15) is 0 Å². The first-order valence-electron chi connectivity index (χ1n) is 10.7. The molecule has 0 unspecified atom stereocenters. The number of piperidine rings is 1. The molecule has 0 saturated carbocycles. The SMILES string of the molecule is O=C(NC1CC[NH+](Cc2ccc(Cl)cc2)CC1)C(c1ccccc1)c1ccccc1. The van der Waals surface area contributed by atoms with Crippen LogP contribution in [0.3, 0.4) is 0 Å². The molecule has 154 valence electrons. The van der Waals surface area contributed by atoms with E-state index in [9.17, 15) is 4.79 Å². The Balaban J connectivity index is 1.37. The summed E-state index contributed by atoms with van der Waals surface area (Å²) in [7, 11) is 0. The fourth-order valence-electron chi connectivity index (χ4n) is 4.31. The topological polar surface area (TPSA) is 33.5 Å². The maximum atomic E-state index is 13.3. The van der Waals surface area contributed by atoms with Crippen LogP contribution in [-0.2, 0) is 11.3 Å². The Morgan fingerprint density at radius 1 is 0.867 bits per heavy atom. The fraction of sp³-hybridized carbons (Fsp3) is 0.269. The second kappa shape index (κ2) is 9.92. The van der Waals surface area contributed by atoms with Gasteiger partial charge in [-0.1, -0.05) is 84.4 Å². The van der Waals surface area contributed by atoms with Gasteiger partial charge in [0, 0.05) is 29.5 Å². The second-order valence-corrected chi connectivity index (χ2v) is 8.53. The number of carbonyl (C=O) groups is 1. The van der Waals surface area contributed by atoms with E-state index >= 15 is 0 Å². The minimum absolute atomic E-state index is 0.0959. The van der Waals surface area contributed by atoms with Gasteiger partial charge >= 0.3 is 0 Å². The summed E-state index contributed by atoms with van der Waals surface area (Å²) >= 11 is 5.99. The zero-order valence-corrected chi connectivity index (χ0v) is 17.8. The fourth-order valence-corrected chi connectivity index (χ4v) is 4.43. The van der Waals surface area contributed by atoms with E-state index in [-0.39, 0.29) is 17.9 Å². The summed E-state index contributed by atoms with van der Waals surface area (Å²) in [5, 5.41) is 4.12. The molecule has 1 fully saturated rings. The van der Waals surface area contributed by atoms with Crippen LogP contribution in [0, 0.1) is 0 Å². The van der Waals surface area contributed by atoms with Crippen LogP contribution in [0.25, 0.3) is 0 Å². The number of carbonyl (C=O) groups excluding carboxylic acids is 1. The molecule has 0 spiro atoms. The first-order chi connectivity index (χ1) is 14.7. The van der Waals surface area contributed by atoms with Gasteiger partial charge in [0.05, 0.1) is 19.0 Å². The molecule has 3 aromatic rings. The Morgan fingerprint density at radius 2 is 1.40 bits per heavy atom. The average molecular weight is 420 g/mol. The first kappa shape index (κ1) is 20.6. The molecule has 1 heterocycles. The third-order valence-corrected chi connectivity index (χ3v) is 6.19. The van der Waals surface area contributed by atoms with Gasteiger partial charge in [0.25, 0.3) is 0 Å². The molecule has 4 rings (SSSR count). The molecule has 4 heteroatoms. The normalized spacial score (nSPS) is 18.9. The molecule has 0 atom stereocenters. The van der Waals surface area contributed by atoms with Crippen LogP contribution in [-0.4, -0.2) is 25.0 Å². The highest BCUT2D eigenvalue weighted by molar-refractivity contribution is 6.30. The van der Waals surface area contributed by atoms with Crippen molar-refractivity contribution in [1.29, 1.82) is 0 Å².